The molecule has 3 rings (SSSR count). The highest BCUT2D eigenvalue weighted by molar-refractivity contribution is 7.15. The van der Waals surface area contributed by atoms with Crippen LogP contribution in [0.4, 0.5) is 5.00 Å². The number of amides is 1. The van der Waals surface area contributed by atoms with E-state index in [-0.39, 0.29) is 5.91 Å². The summed E-state index contributed by atoms with van der Waals surface area (Å²) in [4.78, 5) is 26.2. The molecule has 1 saturated heterocycles. The first kappa shape index (κ1) is 18.6. The summed E-state index contributed by atoms with van der Waals surface area (Å²) in [6, 6.07) is 9.67. The Morgan fingerprint density at radius 3 is 2.46 bits per heavy atom. The second-order valence-electron chi connectivity index (χ2n) is 6.60. The van der Waals surface area contributed by atoms with Gasteiger partial charge in [0, 0.05) is 10.9 Å². The molecule has 138 valence electrons. The van der Waals surface area contributed by atoms with Crippen LogP contribution in [0.1, 0.15) is 36.0 Å². The van der Waals surface area contributed by atoms with Gasteiger partial charge in [0.05, 0.1) is 20.2 Å². The Balaban J connectivity index is 1.77. The molecule has 0 bridgehead atoms. The number of quaternary nitrogens is 1. The molecular formula is C20H25N2O3S+. The summed E-state index contributed by atoms with van der Waals surface area (Å²) < 4.78 is 4.96. The maximum atomic E-state index is 12.5. The van der Waals surface area contributed by atoms with Crippen molar-refractivity contribution in [3.63, 3.8) is 0 Å². The predicted octanol–water partition coefficient (Wildman–Crippen LogP) is 2.60. The highest BCUT2D eigenvalue weighted by Crippen LogP contribution is 2.35. The van der Waals surface area contributed by atoms with Gasteiger partial charge in [-0.1, -0.05) is 30.3 Å². The van der Waals surface area contributed by atoms with E-state index in [1.54, 1.807) is 0 Å². The Morgan fingerprint density at radius 1 is 1.12 bits per heavy atom. The third-order valence-corrected chi connectivity index (χ3v) is 5.63. The number of anilines is 1. The molecule has 0 unspecified atom stereocenters. The molecule has 1 amide bonds. The quantitative estimate of drug-likeness (QED) is 0.792. The number of carbonyl (C=O) groups is 2. The first-order chi connectivity index (χ1) is 12.7. The van der Waals surface area contributed by atoms with Gasteiger partial charge in [-0.3, -0.25) is 4.79 Å². The molecule has 2 aromatic rings. The van der Waals surface area contributed by atoms with E-state index in [9.17, 15) is 9.59 Å². The van der Waals surface area contributed by atoms with Gasteiger partial charge in [-0.25, -0.2) is 4.79 Å². The van der Waals surface area contributed by atoms with E-state index in [0.717, 1.165) is 24.2 Å². The molecule has 0 radical (unpaired) electrons. The van der Waals surface area contributed by atoms with Crippen LogP contribution in [0.5, 0.6) is 0 Å². The van der Waals surface area contributed by atoms with E-state index < -0.39 is 5.97 Å². The normalized spacial score (nSPS) is 15.3. The number of rotatable bonds is 5. The lowest BCUT2D eigenvalue weighted by Gasteiger charge is -2.16. The summed E-state index contributed by atoms with van der Waals surface area (Å²) >= 11 is 1.37. The van der Waals surface area contributed by atoms with Crippen molar-refractivity contribution in [3.8, 4) is 11.1 Å². The topological polar surface area (TPSA) is 59.8 Å². The smallest absolute Gasteiger partial charge is 0.341 e. The first-order valence-corrected chi connectivity index (χ1v) is 9.95. The Labute approximate surface area is 158 Å². The van der Waals surface area contributed by atoms with E-state index in [1.807, 2.05) is 35.7 Å². The minimum atomic E-state index is -0.428. The van der Waals surface area contributed by atoms with Crippen molar-refractivity contribution in [1.29, 1.82) is 0 Å². The predicted molar refractivity (Wildman–Crippen MR) is 104 cm³/mol. The highest BCUT2D eigenvalue weighted by Gasteiger charge is 2.24. The third kappa shape index (κ3) is 4.51. The van der Waals surface area contributed by atoms with Crippen molar-refractivity contribution in [2.24, 2.45) is 0 Å². The molecule has 0 saturated carbocycles. The number of ether oxygens (including phenoxy) is 1. The number of thiophene rings is 1. The number of methoxy groups -OCH3 is 1. The van der Waals surface area contributed by atoms with E-state index >= 15 is 0 Å². The fraction of sp³-hybridized carbons (Fsp3) is 0.400. The lowest BCUT2D eigenvalue weighted by Crippen LogP contribution is -3.12. The summed E-state index contributed by atoms with van der Waals surface area (Å²) in [6.07, 6.45) is 4.85. The van der Waals surface area contributed by atoms with Crippen molar-refractivity contribution in [2.45, 2.75) is 25.7 Å². The zero-order chi connectivity index (χ0) is 18.4. The minimum absolute atomic E-state index is 0.0477. The number of carbonyl (C=O) groups excluding carboxylic acids is 2. The number of likely N-dealkylation sites (tertiary alicyclic amines) is 1. The Kier molecular flexibility index (Phi) is 6.41. The van der Waals surface area contributed by atoms with Gasteiger partial charge in [0.15, 0.2) is 6.54 Å². The molecule has 1 aromatic heterocycles. The fourth-order valence-corrected chi connectivity index (χ4v) is 4.36. The third-order valence-electron chi connectivity index (χ3n) is 4.74. The monoisotopic (exact) mass is 373 g/mol. The number of nitrogens with one attached hydrogen (secondary N) is 2. The lowest BCUT2D eigenvalue weighted by atomic mass is 10.0. The molecule has 0 spiro atoms. The van der Waals surface area contributed by atoms with Crippen LogP contribution < -0.4 is 10.2 Å². The summed E-state index contributed by atoms with van der Waals surface area (Å²) in [6.45, 7) is 2.52. The molecular weight excluding hydrogens is 348 g/mol. The number of esters is 1. The zero-order valence-corrected chi connectivity index (χ0v) is 15.9. The van der Waals surface area contributed by atoms with Gasteiger partial charge in [-0.05, 0) is 31.2 Å². The molecule has 6 heteroatoms. The molecule has 26 heavy (non-hydrogen) atoms. The SMILES string of the molecule is COC(=O)c1c(-c2ccccc2)csc1NC(=O)C[NH+]1CCCCCC1. The van der Waals surface area contributed by atoms with Crippen LogP contribution in [0.3, 0.4) is 0 Å². The number of hydrogen-bond acceptors (Lipinski definition) is 4. The van der Waals surface area contributed by atoms with Crippen LogP contribution in [0.15, 0.2) is 35.7 Å². The standard InChI is InChI=1S/C20H24N2O3S/c1-25-20(24)18-16(15-9-5-4-6-10-15)14-26-19(18)21-17(23)13-22-11-7-2-3-8-12-22/h4-6,9-10,14H,2-3,7-8,11-13H2,1H3,(H,21,23)/p+1. The average Bonchev–Trinajstić information content (AvgIpc) is 2.89. The molecule has 2 heterocycles. The summed E-state index contributed by atoms with van der Waals surface area (Å²) in [7, 11) is 1.36. The Morgan fingerprint density at radius 2 is 1.81 bits per heavy atom. The largest absolute Gasteiger partial charge is 0.465 e. The maximum absolute atomic E-state index is 12.5. The minimum Gasteiger partial charge on any atom is -0.465 e. The van der Waals surface area contributed by atoms with Crippen molar-refractivity contribution >= 4 is 28.2 Å². The molecule has 0 atom stereocenters. The van der Waals surface area contributed by atoms with Gasteiger partial charge in [-0.2, -0.15) is 0 Å². The Hall–Kier alpha value is -2.18. The van der Waals surface area contributed by atoms with Crippen molar-refractivity contribution in [3.05, 3.63) is 41.3 Å². The zero-order valence-electron chi connectivity index (χ0n) is 15.0. The second kappa shape index (κ2) is 8.96. The van der Waals surface area contributed by atoms with E-state index in [4.69, 9.17) is 4.74 Å². The second-order valence-corrected chi connectivity index (χ2v) is 7.48. The Bertz CT molecular complexity index is 750. The van der Waals surface area contributed by atoms with Gasteiger partial charge in [0.25, 0.3) is 5.91 Å². The average molecular weight is 373 g/mol. The molecule has 1 aliphatic heterocycles. The van der Waals surface area contributed by atoms with Crippen LogP contribution in [0.2, 0.25) is 0 Å². The summed E-state index contributed by atoms with van der Waals surface area (Å²) in [5.41, 5.74) is 2.16. The lowest BCUT2D eigenvalue weighted by molar-refractivity contribution is -0.890. The van der Waals surface area contributed by atoms with Gasteiger partial charge < -0.3 is 15.0 Å². The highest BCUT2D eigenvalue weighted by atomic mass is 32.1. The number of benzene rings is 1. The van der Waals surface area contributed by atoms with Crippen LogP contribution in [0, 0.1) is 0 Å². The van der Waals surface area contributed by atoms with Crippen LogP contribution >= 0.6 is 11.3 Å². The van der Waals surface area contributed by atoms with Gasteiger partial charge in [-0.15, -0.1) is 11.3 Å². The van der Waals surface area contributed by atoms with Crippen molar-refractivity contribution < 1.29 is 19.2 Å². The fourth-order valence-electron chi connectivity index (χ4n) is 3.39. The molecule has 1 aromatic carbocycles. The van der Waals surface area contributed by atoms with E-state index in [2.05, 4.69) is 5.32 Å². The van der Waals surface area contributed by atoms with Crippen LogP contribution in [-0.4, -0.2) is 38.6 Å². The molecule has 0 aliphatic carbocycles. The van der Waals surface area contributed by atoms with E-state index in [1.165, 1.54) is 49.0 Å². The summed E-state index contributed by atoms with van der Waals surface area (Å²) in [5.74, 6) is -0.476. The van der Waals surface area contributed by atoms with Crippen LogP contribution in [-0.2, 0) is 9.53 Å². The maximum Gasteiger partial charge on any atom is 0.341 e. The van der Waals surface area contributed by atoms with Gasteiger partial charge in [0.2, 0.25) is 0 Å². The van der Waals surface area contributed by atoms with E-state index in [0.29, 0.717) is 17.1 Å². The summed E-state index contributed by atoms with van der Waals surface area (Å²) in [5, 5.41) is 5.41. The first-order valence-electron chi connectivity index (χ1n) is 9.07. The number of hydrogen-bond donors (Lipinski definition) is 2. The molecule has 2 N–H and O–H groups in total. The van der Waals surface area contributed by atoms with Crippen molar-refractivity contribution in [1.82, 2.24) is 0 Å². The van der Waals surface area contributed by atoms with Gasteiger partial charge in [0.1, 0.15) is 10.6 Å². The molecule has 1 fully saturated rings. The van der Waals surface area contributed by atoms with Crippen molar-refractivity contribution in [2.75, 3.05) is 32.1 Å². The van der Waals surface area contributed by atoms with Crippen LogP contribution in [0.25, 0.3) is 11.1 Å². The van der Waals surface area contributed by atoms with Gasteiger partial charge >= 0.3 is 5.97 Å². The molecule has 1 aliphatic rings. The molecule has 5 nitrogen and oxygen atoms in total.